The minimum Gasteiger partial charge on any atom is -0.377 e. The van der Waals surface area contributed by atoms with Gasteiger partial charge < -0.3 is 10.1 Å². The lowest BCUT2D eigenvalue weighted by Gasteiger charge is -2.19. The van der Waals surface area contributed by atoms with Gasteiger partial charge in [0.2, 0.25) is 0 Å². The fourth-order valence-electron chi connectivity index (χ4n) is 1.66. The molecule has 1 atom stereocenters. The lowest BCUT2D eigenvalue weighted by molar-refractivity contribution is 0.0626. The van der Waals surface area contributed by atoms with E-state index in [9.17, 15) is 0 Å². The summed E-state index contributed by atoms with van der Waals surface area (Å²) in [5, 5.41) is 3.30. The molecule has 0 aliphatic heterocycles. The molecular formula is C14H23NO. The van der Waals surface area contributed by atoms with E-state index in [1.165, 1.54) is 11.1 Å². The summed E-state index contributed by atoms with van der Waals surface area (Å²) >= 11 is 0. The Morgan fingerprint density at radius 1 is 1.31 bits per heavy atom. The van der Waals surface area contributed by atoms with Gasteiger partial charge in [0.15, 0.2) is 0 Å². The maximum atomic E-state index is 5.66. The molecule has 0 saturated carbocycles. The minimum atomic E-state index is 0.283. The molecule has 0 aromatic heterocycles. The van der Waals surface area contributed by atoms with Crippen molar-refractivity contribution in [2.45, 2.75) is 39.3 Å². The first-order valence-electron chi connectivity index (χ1n) is 6.05. The molecule has 0 fully saturated rings. The Balaban J connectivity index is 2.70. The van der Waals surface area contributed by atoms with Gasteiger partial charge in [-0.25, -0.2) is 0 Å². The first-order chi connectivity index (χ1) is 7.67. The van der Waals surface area contributed by atoms with Gasteiger partial charge in [-0.2, -0.15) is 0 Å². The number of benzene rings is 1. The summed E-state index contributed by atoms with van der Waals surface area (Å²) in [5.41, 5.74) is 2.68. The van der Waals surface area contributed by atoms with Crippen LogP contribution in [-0.4, -0.2) is 19.8 Å². The molecule has 0 radical (unpaired) electrons. The van der Waals surface area contributed by atoms with Crippen molar-refractivity contribution in [2.75, 3.05) is 13.7 Å². The summed E-state index contributed by atoms with van der Waals surface area (Å²) in [6.45, 7) is 7.03. The van der Waals surface area contributed by atoms with E-state index in [4.69, 9.17) is 4.74 Å². The molecule has 1 aromatic rings. The van der Waals surface area contributed by atoms with E-state index in [1.807, 2.05) is 7.05 Å². The van der Waals surface area contributed by atoms with Crippen LogP contribution in [0.4, 0.5) is 0 Å². The molecule has 1 aromatic carbocycles. The molecule has 16 heavy (non-hydrogen) atoms. The number of aryl methyl sites for hydroxylation is 1. The summed E-state index contributed by atoms with van der Waals surface area (Å²) < 4.78 is 5.66. The Hall–Kier alpha value is -0.860. The molecule has 0 saturated heterocycles. The predicted octanol–water partition coefficient (Wildman–Crippen LogP) is 2.93. The summed E-state index contributed by atoms with van der Waals surface area (Å²) in [5.74, 6) is 0. The van der Waals surface area contributed by atoms with Crippen molar-refractivity contribution in [1.29, 1.82) is 0 Å². The molecule has 0 aliphatic rings. The Morgan fingerprint density at radius 2 is 2.06 bits per heavy atom. The Kier molecular flexibility index (Phi) is 5.50. The van der Waals surface area contributed by atoms with E-state index in [-0.39, 0.29) is 12.1 Å². The Morgan fingerprint density at radius 3 is 2.62 bits per heavy atom. The molecule has 1 N–H and O–H groups in total. The molecule has 2 heteroatoms. The predicted molar refractivity (Wildman–Crippen MR) is 68.7 cm³/mol. The minimum absolute atomic E-state index is 0.283. The van der Waals surface area contributed by atoms with Crippen LogP contribution < -0.4 is 5.32 Å². The van der Waals surface area contributed by atoms with E-state index in [1.54, 1.807) is 0 Å². The topological polar surface area (TPSA) is 21.3 Å². The maximum absolute atomic E-state index is 5.66. The second-order valence-electron chi connectivity index (χ2n) is 4.32. The zero-order valence-corrected chi connectivity index (χ0v) is 10.8. The third-order valence-corrected chi connectivity index (χ3v) is 2.71. The van der Waals surface area contributed by atoms with Crippen molar-refractivity contribution in [2.24, 2.45) is 0 Å². The van der Waals surface area contributed by atoms with Crippen molar-refractivity contribution in [1.82, 2.24) is 5.32 Å². The van der Waals surface area contributed by atoms with Gasteiger partial charge in [-0.1, -0.05) is 31.2 Å². The lowest BCUT2D eigenvalue weighted by atomic mass is 10.0. The molecule has 1 unspecified atom stereocenters. The highest BCUT2D eigenvalue weighted by atomic mass is 16.5. The van der Waals surface area contributed by atoms with Crippen LogP contribution in [0.3, 0.4) is 0 Å². The first kappa shape index (κ1) is 13.2. The monoisotopic (exact) mass is 221 g/mol. The molecule has 2 nitrogen and oxygen atoms in total. The standard InChI is InChI=1S/C14H23NO/c1-5-12-7-6-8-13(9-12)14(15-4)10-16-11(2)3/h6-9,11,14-15H,5,10H2,1-4H3. The third-order valence-electron chi connectivity index (χ3n) is 2.71. The number of rotatable bonds is 6. The molecule has 0 amide bonds. The van der Waals surface area contributed by atoms with Gasteiger partial charge in [0.1, 0.15) is 0 Å². The molecular weight excluding hydrogens is 198 g/mol. The highest BCUT2D eigenvalue weighted by Gasteiger charge is 2.10. The highest BCUT2D eigenvalue weighted by Crippen LogP contribution is 2.15. The van der Waals surface area contributed by atoms with Gasteiger partial charge in [-0.05, 0) is 38.4 Å². The van der Waals surface area contributed by atoms with Crippen molar-refractivity contribution in [3.05, 3.63) is 35.4 Å². The lowest BCUT2D eigenvalue weighted by Crippen LogP contribution is -2.23. The quantitative estimate of drug-likeness (QED) is 0.797. The second-order valence-corrected chi connectivity index (χ2v) is 4.32. The average molecular weight is 221 g/mol. The van der Waals surface area contributed by atoms with E-state index >= 15 is 0 Å². The highest BCUT2D eigenvalue weighted by molar-refractivity contribution is 5.26. The molecule has 90 valence electrons. The van der Waals surface area contributed by atoms with Crippen molar-refractivity contribution in [3.8, 4) is 0 Å². The number of likely N-dealkylation sites (N-methyl/N-ethyl adjacent to an activating group) is 1. The fraction of sp³-hybridized carbons (Fsp3) is 0.571. The number of nitrogens with one attached hydrogen (secondary N) is 1. The van der Waals surface area contributed by atoms with Crippen molar-refractivity contribution >= 4 is 0 Å². The van der Waals surface area contributed by atoms with Crippen LogP contribution in [0.15, 0.2) is 24.3 Å². The zero-order chi connectivity index (χ0) is 12.0. The van der Waals surface area contributed by atoms with Crippen LogP contribution in [0.25, 0.3) is 0 Å². The second kappa shape index (κ2) is 6.66. The average Bonchev–Trinajstić information content (AvgIpc) is 2.30. The summed E-state index contributed by atoms with van der Waals surface area (Å²) in [6.07, 6.45) is 1.36. The van der Waals surface area contributed by atoms with Crippen LogP contribution in [0.2, 0.25) is 0 Å². The fourth-order valence-corrected chi connectivity index (χ4v) is 1.66. The van der Waals surface area contributed by atoms with Gasteiger partial charge in [-0.3, -0.25) is 0 Å². The molecule has 0 aliphatic carbocycles. The summed E-state index contributed by atoms with van der Waals surface area (Å²) in [4.78, 5) is 0. The zero-order valence-electron chi connectivity index (χ0n) is 10.8. The van der Waals surface area contributed by atoms with Gasteiger partial charge in [0.05, 0.1) is 18.8 Å². The number of hydrogen-bond donors (Lipinski definition) is 1. The SMILES string of the molecule is CCc1cccc(C(COC(C)C)NC)c1. The van der Waals surface area contributed by atoms with E-state index in [0.717, 1.165) is 13.0 Å². The Labute approximate surface area is 99.0 Å². The maximum Gasteiger partial charge on any atom is 0.0664 e. The van der Waals surface area contributed by atoms with Crippen LogP contribution in [0.5, 0.6) is 0 Å². The molecule has 0 heterocycles. The summed E-state index contributed by atoms with van der Waals surface area (Å²) in [6, 6.07) is 8.98. The van der Waals surface area contributed by atoms with Gasteiger partial charge in [0, 0.05) is 0 Å². The molecule has 0 spiro atoms. The molecule has 0 bridgehead atoms. The van der Waals surface area contributed by atoms with Crippen molar-refractivity contribution < 1.29 is 4.74 Å². The van der Waals surface area contributed by atoms with Gasteiger partial charge in [0.25, 0.3) is 0 Å². The van der Waals surface area contributed by atoms with Crippen LogP contribution in [0, 0.1) is 0 Å². The van der Waals surface area contributed by atoms with Crippen LogP contribution in [0.1, 0.15) is 37.9 Å². The van der Waals surface area contributed by atoms with Crippen molar-refractivity contribution in [3.63, 3.8) is 0 Å². The normalized spacial score (nSPS) is 13.1. The Bertz CT molecular complexity index is 309. The van der Waals surface area contributed by atoms with Crippen LogP contribution >= 0.6 is 0 Å². The number of ether oxygens (including phenoxy) is 1. The number of hydrogen-bond acceptors (Lipinski definition) is 2. The van der Waals surface area contributed by atoms with Gasteiger partial charge >= 0.3 is 0 Å². The molecule has 1 rings (SSSR count). The van der Waals surface area contributed by atoms with E-state index in [0.29, 0.717) is 0 Å². The third kappa shape index (κ3) is 3.95. The summed E-state index contributed by atoms with van der Waals surface area (Å²) in [7, 11) is 1.98. The smallest absolute Gasteiger partial charge is 0.0664 e. The van der Waals surface area contributed by atoms with E-state index in [2.05, 4.69) is 50.4 Å². The van der Waals surface area contributed by atoms with Crippen LogP contribution in [-0.2, 0) is 11.2 Å². The van der Waals surface area contributed by atoms with E-state index < -0.39 is 0 Å². The van der Waals surface area contributed by atoms with Gasteiger partial charge in [-0.15, -0.1) is 0 Å². The first-order valence-corrected chi connectivity index (χ1v) is 6.05. The largest absolute Gasteiger partial charge is 0.377 e.